The molecule has 0 saturated heterocycles. The van der Waals surface area contributed by atoms with Crippen LogP contribution in [0.3, 0.4) is 0 Å². The second-order valence-corrected chi connectivity index (χ2v) is 7.33. The first-order chi connectivity index (χ1) is 14.3. The topological polar surface area (TPSA) is 74.1 Å². The van der Waals surface area contributed by atoms with Gasteiger partial charge in [-0.3, -0.25) is 9.67 Å². The van der Waals surface area contributed by atoms with Crippen molar-refractivity contribution in [2.24, 2.45) is 0 Å². The first kappa shape index (κ1) is 23.3. The monoisotopic (exact) mass is 423 g/mol. The van der Waals surface area contributed by atoms with Crippen LogP contribution in [-0.2, 0) is 0 Å². The van der Waals surface area contributed by atoms with Crippen molar-refractivity contribution in [3.05, 3.63) is 83.1 Å². The number of aliphatic hydroxyl groups is 2. The molecule has 1 heterocycles. The molecule has 0 aliphatic carbocycles. The minimum Gasteiger partial charge on any atom is -0.513 e. The van der Waals surface area contributed by atoms with Crippen LogP contribution < -0.4 is 0 Å². The molecule has 1 atom stereocenters. The van der Waals surface area contributed by atoms with Crippen LogP contribution >= 0.6 is 12.2 Å². The zero-order valence-electron chi connectivity index (χ0n) is 17.8. The summed E-state index contributed by atoms with van der Waals surface area (Å²) in [7, 11) is 0. The fourth-order valence-electron chi connectivity index (χ4n) is 3.00. The highest BCUT2D eigenvalue weighted by molar-refractivity contribution is 7.71. The summed E-state index contributed by atoms with van der Waals surface area (Å²) in [6.45, 7) is 7.28. The van der Waals surface area contributed by atoms with E-state index < -0.39 is 6.10 Å². The number of allylic oxidation sites excluding steroid dienone is 3. The van der Waals surface area contributed by atoms with Crippen LogP contribution in [0, 0.1) is 4.77 Å². The van der Waals surface area contributed by atoms with Crippen LogP contribution in [0.25, 0.3) is 22.4 Å². The number of nitrogens with zero attached hydrogens (tertiary/aromatic N) is 2. The van der Waals surface area contributed by atoms with Gasteiger partial charge in [-0.25, -0.2) is 0 Å². The van der Waals surface area contributed by atoms with E-state index in [1.54, 1.807) is 6.92 Å². The van der Waals surface area contributed by atoms with Crippen molar-refractivity contribution in [1.82, 2.24) is 14.8 Å². The summed E-state index contributed by atoms with van der Waals surface area (Å²) in [6, 6.07) is 18.7. The Morgan fingerprint density at radius 3 is 2.37 bits per heavy atom. The maximum Gasteiger partial charge on any atom is 0.200 e. The summed E-state index contributed by atoms with van der Waals surface area (Å²) in [5.74, 6) is 1.03. The molecular formula is C24H29N3O2S. The standard InChI is InChI=1S/C19H19N3S.C5H10O2/c1-3-8-14(2)18-20-21-19(23)22(18)17-12-7-11-16(13-17)15-9-5-4-6-10-15;1-4(6)3-5(2)7/h4-13H,3H2,1-2H3,(H,21,23);3-4,6-7H,1-2H3/b14-8+;5-3+. The van der Waals surface area contributed by atoms with E-state index in [9.17, 15) is 0 Å². The second-order valence-electron chi connectivity index (χ2n) is 6.95. The van der Waals surface area contributed by atoms with Gasteiger partial charge in [0.15, 0.2) is 10.6 Å². The number of benzene rings is 2. The van der Waals surface area contributed by atoms with Gasteiger partial charge in [0.05, 0.1) is 17.6 Å². The lowest BCUT2D eigenvalue weighted by molar-refractivity contribution is 0.237. The van der Waals surface area contributed by atoms with Crippen LogP contribution in [0.2, 0.25) is 0 Å². The quantitative estimate of drug-likeness (QED) is 0.335. The smallest absolute Gasteiger partial charge is 0.200 e. The minimum atomic E-state index is -0.537. The van der Waals surface area contributed by atoms with Gasteiger partial charge in [0, 0.05) is 0 Å². The van der Waals surface area contributed by atoms with E-state index in [2.05, 4.69) is 66.5 Å². The average molecular weight is 424 g/mol. The molecule has 3 N–H and O–H groups in total. The van der Waals surface area contributed by atoms with Gasteiger partial charge in [0.25, 0.3) is 0 Å². The molecule has 2 aromatic carbocycles. The average Bonchev–Trinajstić information content (AvgIpc) is 3.10. The molecule has 1 unspecified atom stereocenters. The van der Waals surface area contributed by atoms with Crippen LogP contribution in [-0.4, -0.2) is 31.1 Å². The Bertz CT molecular complexity index is 1060. The molecule has 0 aliphatic rings. The van der Waals surface area contributed by atoms with Gasteiger partial charge >= 0.3 is 0 Å². The van der Waals surface area contributed by atoms with Gasteiger partial charge in [-0.05, 0) is 74.3 Å². The Balaban J connectivity index is 0.000000396. The van der Waals surface area contributed by atoms with Crippen LogP contribution in [0.5, 0.6) is 0 Å². The molecule has 30 heavy (non-hydrogen) atoms. The lowest BCUT2D eigenvalue weighted by Crippen LogP contribution is -2.00. The van der Waals surface area contributed by atoms with Gasteiger partial charge in [-0.1, -0.05) is 55.5 Å². The third-order valence-electron chi connectivity index (χ3n) is 4.23. The number of aromatic nitrogens is 3. The summed E-state index contributed by atoms with van der Waals surface area (Å²) >= 11 is 5.44. The fourth-order valence-corrected chi connectivity index (χ4v) is 3.24. The number of hydrogen-bond acceptors (Lipinski definition) is 4. The van der Waals surface area contributed by atoms with Crippen molar-refractivity contribution in [3.63, 3.8) is 0 Å². The predicted molar refractivity (Wildman–Crippen MR) is 126 cm³/mol. The maximum absolute atomic E-state index is 8.49. The van der Waals surface area contributed by atoms with E-state index in [0.29, 0.717) is 4.77 Å². The van der Waals surface area contributed by atoms with Gasteiger partial charge in [-0.15, -0.1) is 0 Å². The molecule has 0 saturated carbocycles. The lowest BCUT2D eigenvalue weighted by atomic mass is 10.1. The van der Waals surface area contributed by atoms with Crippen molar-refractivity contribution in [1.29, 1.82) is 0 Å². The Morgan fingerprint density at radius 1 is 1.13 bits per heavy atom. The Labute approximate surface area is 183 Å². The van der Waals surface area contributed by atoms with Crippen molar-refractivity contribution in [3.8, 4) is 16.8 Å². The molecule has 0 amide bonds. The number of aromatic amines is 1. The Kier molecular flexibility index (Phi) is 8.77. The fraction of sp³-hybridized carbons (Fsp3) is 0.250. The molecule has 0 bridgehead atoms. The minimum absolute atomic E-state index is 0.162. The molecule has 158 valence electrons. The highest BCUT2D eigenvalue weighted by Crippen LogP contribution is 2.24. The highest BCUT2D eigenvalue weighted by Gasteiger charge is 2.10. The number of nitrogens with one attached hydrogen (secondary N) is 1. The van der Waals surface area contributed by atoms with Crippen molar-refractivity contribution < 1.29 is 10.2 Å². The first-order valence-electron chi connectivity index (χ1n) is 9.89. The SMILES string of the molecule is C/C(O)=C\C(C)O.CC/C=C(\C)c1n[nH]c(=S)n1-c1cccc(-c2ccccc2)c1. The van der Waals surface area contributed by atoms with Gasteiger partial charge in [0.1, 0.15) is 0 Å². The zero-order valence-corrected chi connectivity index (χ0v) is 18.6. The number of rotatable bonds is 5. The zero-order chi connectivity index (χ0) is 22.1. The van der Waals surface area contributed by atoms with E-state index in [1.807, 2.05) is 22.8 Å². The molecule has 0 spiro atoms. The highest BCUT2D eigenvalue weighted by atomic mass is 32.1. The van der Waals surface area contributed by atoms with Crippen molar-refractivity contribution in [2.45, 2.75) is 40.2 Å². The van der Waals surface area contributed by atoms with E-state index in [0.717, 1.165) is 29.1 Å². The third-order valence-corrected chi connectivity index (χ3v) is 4.50. The molecule has 6 heteroatoms. The second kappa shape index (κ2) is 11.3. The van der Waals surface area contributed by atoms with E-state index in [1.165, 1.54) is 18.6 Å². The molecular weight excluding hydrogens is 394 g/mol. The van der Waals surface area contributed by atoms with E-state index in [-0.39, 0.29) is 5.76 Å². The summed E-state index contributed by atoms with van der Waals surface area (Å²) in [5.41, 5.74) is 4.48. The van der Waals surface area contributed by atoms with Crippen LogP contribution in [0.1, 0.15) is 39.9 Å². The molecule has 1 aromatic heterocycles. The summed E-state index contributed by atoms with van der Waals surface area (Å²) < 4.78 is 2.59. The Morgan fingerprint density at radius 2 is 1.80 bits per heavy atom. The summed E-state index contributed by atoms with van der Waals surface area (Å²) in [4.78, 5) is 0. The van der Waals surface area contributed by atoms with Gasteiger partial charge < -0.3 is 10.2 Å². The molecule has 0 radical (unpaired) electrons. The number of aliphatic hydroxyl groups excluding tert-OH is 2. The molecule has 0 fully saturated rings. The summed E-state index contributed by atoms with van der Waals surface area (Å²) in [5, 5.41) is 24.2. The molecule has 5 nitrogen and oxygen atoms in total. The van der Waals surface area contributed by atoms with Crippen molar-refractivity contribution in [2.75, 3.05) is 0 Å². The Hall–Kier alpha value is -2.96. The number of H-pyrrole nitrogens is 1. The lowest BCUT2D eigenvalue weighted by Gasteiger charge is -2.09. The van der Waals surface area contributed by atoms with Crippen LogP contribution in [0.4, 0.5) is 0 Å². The van der Waals surface area contributed by atoms with Crippen LogP contribution in [0.15, 0.2) is 72.5 Å². The molecule has 3 rings (SSSR count). The van der Waals surface area contributed by atoms with Gasteiger partial charge in [0.2, 0.25) is 0 Å². The molecule has 0 aliphatic heterocycles. The van der Waals surface area contributed by atoms with E-state index in [4.69, 9.17) is 22.4 Å². The summed E-state index contributed by atoms with van der Waals surface area (Å²) in [6.07, 6.45) is 3.95. The third kappa shape index (κ3) is 6.54. The van der Waals surface area contributed by atoms with E-state index >= 15 is 0 Å². The normalized spacial score (nSPS) is 12.8. The molecule has 3 aromatic rings. The number of hydrogen-bond donors (Lipinski definition) is 3. The maximum atomic E-state index is 8.49. The largest absolute Gasteiger partial charge is 0.513 e. The first-order valence-corrected chi connectivity index (χ1v) is 10.3. The van der Waals surface area contributed by atoms with Crippen molar-refractivity contribution >= 4 is 17.8 Å². The van der Waals surface area contributed by atoms with Gasteiger partial charge in [-0.2, -0.15) is 5.10 Å². The predicted octanol–water partition coefficient (Wildman–Crippen LogP) is 6.24.